The first-order valence-corrected chi connectivity index (χ1v) is 8.46. The van der Waals surface area contributed by atoms with Crippen LogP contribution in [0.4, 0.5) is 0 Å². The minimum absolute atomic E-state index is 1.02. The molecular formula is C20H25NO. The third-order valence-electron chi connectivity index (χ3n) is 4.73. The Hall–Kier alpha value is -1.83. The van der Waals surface area contributed by atoms with Crippen molar-refractivity contribution < 1.29 is 4.74 Å². The predicted molar refractivity (Wildman–Crippen MR) is 91.6 cm³/mol. The number of hydrogen-bond acceptors (Lipinski definition) is 2. The van der Waals surface area contributed by atoms with E-state index < -0.39 is 0 Å². The van der Waals surface area contributed by atoms with Crippen molar-refractivity contribution in [3.8, 4) is 17.0 Å². The Morgan fingerprint density at radius 2 is 1.73 bits per heavy atom. The Balaban J connectivity index is 2.21. The summed E-state index contributed by atoms with van der Waals surface area (Å²) in [7, 11) is 1.78. The number of aryl methyl sites for hydroxylation is 3. The van der Waals surface area contributed by atoms with E-state index in [0.717, 1.165) is 37.1 Å². The van der Waals surface area contributed by atoms with E-state index in [0.29, 0.717) is 0 Å². The highest BCUT2D eigenvalue weighted by Gasteiger charge is 2.19. The molecule has 0 saturated heterocycles. The van der Waals surface area contributed by atoms with Crippen LogP contribution in [-0.4, -0.2) is 12.1 Å². The summed E-state index contributed by atoms with van der Waals surface area (Å²) >= 11 is 0. The summed E-state index contributed by atoms with van der Waals surface area (Å²) < 4.78 is 5.68. The molecule has 2 aromatic rings. The second kappa shape index (κ2) is 6.51. The van der Waals surface area contributed by atoms with Crippen molar-refractivity contribution in [3.63, 3.8) is 0 Å². The lowest BCUT2D eigenvalue weighted by Gasteiger charge is -2.21. The van der Waals surface area contributed by atoms with E-state index in [-0.39, 0.29) is 0 Å². The normalized spacial score (nSPS) is 13.8. The number of rotatable bonds is 4. The molecule has 0 aliphatic heterocycles. The van der Waals surface area contributed by atoms with E-state index in [1.807, 2.05) is 0 Å². The third-order valence-corrected chi connectivity index (χ3v) is 4.73. The zero-order valence-corrected chi connectivity index (χ0v) is 13.9. The quantitative estimate of drug-likeness (QED) is 0.811. The van der Waals surface area contributed by atoms with Gasteiger partial charge in [-0.3, -0.25) is 4.98 Å². The van der Waals surface area contributed by atoms with E-state index in [1.54, 1.807) is 7.11 Å². The van der Waals surface area contributed by atoms with Gasteiger partial charge in [-0.05, 0) is 49.7 Å². The molecule has 2 heteroatoms. The van der Waals surface area contributed by atoms with Crippen molar-refractivity contribution in [1.29, 1.82) is 0 Å². The first-order valence-electron chi connectivity index (χ1n) is 8.46. The maximum atomic E-state index is 5.68. The fourth-order valence-electron chi connectivity index (χ4n) is 3.55. The van der Waals surface area contributed by atoms with Gasteiger partial charge in [0.25, 0.3) is 0 Å². The Bertz CT molecular complexity index is 636. The van der Waals surface area contributed by atoms with Gasteiger partial charge in [-0.15, -0.1) is 0 Å². The minimum Gasteiger partial charge on any atom is -0.496 e. The summed E-state index contributed by atoms with van der Waals surface area (Å²) in [5, 5.41) is 0. The molecular weight excluding hydrogens is 270 g/mol. The second-order valence-electron chi connectivity index (χ2n) is 6.00. The van der Waals surface area contributed by atoms with Gasteiger partial charge in [0.2, 0.25) is 0 Å². The van der Waals surface area contributed by atoms with Gasteiger partial charge in [-0.2, -0.15) is 0 Å². The van der Waals surface area contributed by atoms with Crippen molar-refractivity contribution in [3.05, 3.63) is 46.6 Å². The number of nitrogens with zero attached hydrogens (tertiary/aromatic N) is 1. The lowest BCUT2D eigenvalue weighted by Crippen LogP contribution is -2.09. The summed E-state index contributed by atoms with van der Waals surface area (Å²) in [4.78, 5) is 5.03. The highest BCUT2D eigenvalue weighted by molar-refractivity contribution is 5.70. The van der Waals surface area contributed by atoms with Crippen molar-refractivity contribution in [2.45, 2.75) is 52.4 Å². The van der Waals surface area contributed by atoms with Crippen molar-refractivity contribution in [2.75, 3.05) is 7.11 Å². The molecule has 1 aromatic carbocycles. The van der Waals surface area contributed by atoms with E-state index in [2.05, 4.69) is 38.1 Å². The van der Waals surface area contributed by atoms with Crippen LogP contribution >= 0.6 is 0 Å². The number of pyridine rings is 1. The average molecular weight is 295 g/mol. The minimum atomic E-state index is 1.02. The SMILES string of the molecule is CCc1cccc(CC)c1-c1cc(OC)c2c(n1)CCCC2. The first kappa shape index (κ1) is 15.1. The standard InChI is InChI=1S/C20H25NO/c1-4-14-9-8-10-15(5-2)20(14)18-13-19(22-3)16-11-6-7-12-17(16)21-18/h8-10,13H,4-7,11-12H2,1-3H3. The monoisotopic (exact) mass is 295 g/mol. The number of fused-ring (bicyclic) bond motifs is 1. The van der Waals surface area contributed by atoms with Gasteiger partial charge in [-0.25, -0.2) is 0 Å². The number of ether oxygens (including phenoxy) is 1. The number of aromatic nitrogens is 1. The number of hydrogen-bond donors (Lipinski definition) is 0. The molecule has 3 rings (SSSR count). The lowest BCUT2D eigenvalue weighted by atomic mass is 9.91. The molecule has 1 aromatic heterocycles. The maximum absolute atomic E-state index is 5.68. The molecule has 22 heavy (non-hydrogen) atoms. The van der Waals surface area contributed by atoms with E-state index >= 15 is 0 Å². The highest BCUT2D eigenvalue weighted by Crippen LogP contribution is 2.35. The summed E-state index contributed by atoms with van der Waals surface area (Å²) in [6.45, 7) is 4.43. The third kappa shape index (κ3) is 2.63. The fourth-order valence-corrected chi connectivity index (χ4v) is 3.55. The second-order valence-corrected chi connectivity index (χ2v) is 6.00. The largest absolute Gasteiger partial charge is 0.496 e. The van der Waals surface area contributed by atoms with E-state index in [1.165, 1.54) is 40.8 Å². The molecule has 0 radical (unpaired) electrons. The Kier molecular flexibility index (Phi) is 4.47. The Morgan fingerprint density at radius 3 is 2.36 bits per heavy atom. The van der Waals surface area contributed by atoms with Gasteiger partial charge >= 0.3 is 0 Å². The van der Waals surface area contributed by atoms with Gasteiger partial charge in [0, 0.05) is 22.9 Å². The van der Waals surface area contributed by atoms with Crippen molar-refractivity contribution in [2.24, 2.45) is 0 Å². The molecule has 0 unspecified atom stereocenters. The van der Waals surface area contributed by atoms with Crippen LogP contribution in [0.2, 0.25) is 0 Å². The molecule has 0 saturated carbocycles. The molecule has 0 amide bonds. The zero-order chi connectivity index (χ0) is 15.5. The topological polar surface area (TPSA) is 22.1 Å². The molecule has 0 fully saturated rings. The fraction of sp³-hybridized carbons (Fsp3) is 0.450. The van der Waals surface area contributed by atoms with Crippen LogP contribution in [0.3, 0.4) is 0 Å². The number of methoxy groups -OCH3 is 1. The van der Waals surface area contributed by atoms with Crippen LogP contribution in [0.25, 0.3) is 11.3 Å². The highest BCUT2D eigenvalue weighted by atomic mass is 16.5. The predicted octanol–water partition coefficient (Wildman–Crippen LogP) is 4.76. The molecule has 116 valence electrons. The molecule has 1 aliphatic rings. The van der Waals surface area contributed by atoms with E-state index in [4.69, 9.17) is 9.72 Å². The summed E-state index contributed by atoms with van der Waals surface area (Å²) in [5.74, 6) is 1.02. The van der Waals surface area contributed by atoms with Crippen LogP contribution in [-0.2, 0) is 25.7 Å². The van der Waals surface area contributed by atoms with Gasteiger partial charge in [0.1, 0.15) is 5.75 Å². The van der Waals surface area contributed by atoms with Crippen LogP contribution in [0.15, 0.2) is 24.3 Å². The van der Waals surface area contributed by atoms with Gasteiger partial charge in [0.05, 0.1) is 12.8 Å². The van der Waals surface area contributed by atoms with Gasteiger partial charge in [0.15, 0.2) is 0 Å². The molecule has 1 heterocycles. The lowest BCUT2D eigenvalue weighted by molar-refractivity contribution is 0.405. The Morgan fingerprint density at radius 1 is 1.05 bits per heavy atom. The van der Waals surface area contributed by atoms with Crippen LogP contribution < -0.4 is 4.74 Å². The summed E-state index contributed by atoms with van der Waals surface area (Å²) in [6.07, 6.45) is 6.73. The van der Waals surface area contributed by atoms with Crippen LogP contribution in [0, 0.1) is 0 Å². The van der Waals surface area contributed by atoms with Crippen molar-refractivity contribution >= 4 is 0 Å². The van der Waals surface area contributed by atoms with Gasteiger partial charge in [-0.1, -0.05) is 32.0 Å². The molecule has 0 spiro atoms. The smallest absolute Gasteiger partial charge is 0.126 e. The molecule has 0 N–H and O–H groups in total. The molecule has 1 aliphatic carbocycles. The average Bonchev–Trinajstić information content (AvgIpc) is 2.59. The summed E-state index contributed by atoms with van der Waals surface area (Å²) in [6, 6.07) is 8.76. The molecule has 0 atom stereocenters. The zero-order valence-electron chi connectivity index (χ0n) is 13.9. The first-order chi connectivity index (χ1) is 10.8. The maximum Gasteiger partial charge on any atom is 0.126 e. The van der Waals surface area contributed by atoms with Crippen LogP contribution in [0.1, 0.15) is 49.1 Å². The summed E-state index contributed by atoms with van der Waals surface area (Å²) in [5.41, 5.74) is 7.73. The molecule has 0 bridgehead atoms. The Labute approximate surface area is 133 Å². The molecule has 2 nitrogen and oxygen atoms in total. The van der Waals surface area contributed by atoms with Gasteiger partial charge < -0.3 is 4.74 Å². The number of benzene rings is 1. The van der Waals surface area contributed by atoms with E-state index in [9.17, 15) is 0 Å². The van der Waals surface area contributed by atoms with Crippen molar-refractivity contribution in [1.82, 2.24) is 4.98 Å². The van der Waals surface area contributed by atoms with Crippen LogP contribution in [0.5, 0.6) is 5.75 Å².